The van der Waals surface area contributed by atoms with Gasteiger partial charge in [0.15, 0.2) is 0 Å². The van der Waals surface area contributed by atoms with Crippen molar-refractivity contribution in [3.05, 3.63) is 117 Å². The maximum Gasteiger partial charge on any atom is 0.251 e. The molecule has 5 nitrogen and oxygen atoms in total. The van der Waals surface area contributed by atoms with Crippen molar-refractivity contribution in [2.24, 2.45) is 4.99 Å². The first-order valence-electron chi connectivity index (χ1n) is 11.5. The smallest absolute Gasteiger partial charge is 0.251 e. The number of amidine groups is 1. The summed E-state index contributed by atoms with van der Waals surface area (Å²) in [4.78, 5) is 31.8. The topological polar surface area (TPSA) is 61.8 Å². The van der Waals surface area contributed by atoms with Crippen molar-refractivity contribution in [2.75, 3.05) is 0 Å². The molecule has 0 radical (unpaired) electrons. The Bertz CT molecular complexity index is 1470. The number of nitrogens with one attached hydrogen (secondary N) is 1. The quantitative estimate of drug-likeness (QED) is 0.379. The Balaban J connectivity index is 1.93. The SMILES string of the molecule is CC(=O)N1C(c2c(F)cc(F)cc2F)=NC(C)=C(C(=O)N[C@H](C)c2ccccc2)[C@@H]1c1ccc(F)cc1Cl. The van der Waals surface area contributed by atoms with Gasteiger partial charge in [-0.05, 0) is 37.1 Å². The predicted octanol–water partition coefficient (Wildman–Crippen LogP) is 6.40. The second-order valence-electron chi connectivity index (χ2n) is 8.74. The van der Waals surface area contributed by atoms with Gasteiger partial charge >= 0.3 is 0 Å². The van der Waals surface area contributed by atoms with Crippen LogP contribution in [0.5, 0.6) is 0 Å². The number of carbonyl (C=O) groups is 2. The number of benzene rings is 3. The number of aliphatic imine (C=N–C) groups is 1. The van der Waals surface area contributed by atoms with E-state index in [0.717, 1.165) is 29.5 Å². The average Bonchev–Trinajstić information content (AvgIpc) is 2.83. The lowest BCUT2D eigenvalue weighted by molar-refractivity contribution is -0.126. The van der Waals surface area contributed by atoms with Crippen LogP contribution in [0.15, 0.2) is 76.9 Å². The molecule has 196 valence electrons. The minimum atomic E-state index is -1.33. The first kappa shape index (κ1) is 27.1. The molecule has 3 aromatic carbocycles. The normalized spacial score (nSPS) is 16.3. The Labute approximate surface area is 221 Å². The fraction of sp³-hybridized carbons (Fsp3) is 0.179. The molecule has 1 N–H and O–H groups in total. The number of allylic oxidation sites excluding steroid dienone is 1. The van der Waals surface area contributed by atoms with Crippen molar-refractivity contribution in [3.63, 3.8) is 0 Å². The van der Waals surface area contributed by atoms with Gasteiger partial charge < -0.3 is 5.32 Å². The third-order valence-corrected chi connectivity index (χ3v) is 6.47. The van der Waals surface area contributed by atoms with E-state index in [-0.39, 0.29) is 21.9 Å². The van der Waals surface area contributed by atoms with Crippen molar-refractivity contribution >= 4 is 29.3 Å². The van der Waals surface area contributed by atoms with Crippen molar-refractivity contribution in [1.82, 2.24) is 10.2 Å². The molecule has 0 unspecified atom stereocenters. The lowest BCUT2D eigenvalue weighted by Crippen LogP contribution is -2.46. The molecular weight excluding hydrogens is 522 g/mol. The van der Waals surface area contributed by atoms with E-state index >= 15 is 0 Å². The Morgan fingerprint density at radius 3 is 2.18 bits per heavy atom. The largest absolute Gasteiger partial charge is 0.346 e. The molecule has 0 saturated carbocycles. The third kappa shape index (κ3) is 5.19. The van der Waals surface area contributed by atoms with Gasteiger partial charge in [-0.15, -0.1) is 0 Å². The molecule has 2 amide bonds. The first-order valence-corrected chi connectivity index (χ1v) is 11.9. The zero-order valence-electron chi connectivity index (χ0n) is 20.5. The highest BCUT2D eigenvalue weighted by atomic mass is 35.5. The van der Waals surface area contributed by atoms with Gasteiger partial charge in [-0.2, -0.15) is 0 Å². The summed E-state index contributed by atoms with van der Waals surface area (Å²) in [6.45, 7) is 4.30. The second kappa shape index (κ2) is 10.8. The van der Waals surface area contributed by atoms with Crippen LogP contribution >= 0.6 is 11.6 Å². The van der Waals surface area contributed by atoms with E-state index in [0.29, 0.717) is 12.1 Å². The summed E-state index contributed by atoms with van der Waals surface area (Å²) in [6.07, 6.45) is 0. The molecule has 1 aliphatic heterocycles. The number of nitrogens with zero attached hydrogens (tertiary/aromatic N) is 2. The summed E-state index contributed by atoms with van der Waals surface area (Å²) in [5.41, 5.74) is 0.151. The first-order chi connectivity index (χ1) is 18.0. The highest BCUT2D eigenvalue weighted by Crippen LogP contribution is 2.40. The Morgan fingerprint density at radius 2 is 1.61 bits per heavy atom. The Kier molecular flexibility index (Phi) is 7.68. The molecule has 10 heteroatoms. The van der Waals surface area contributed by atoms with Crippen molar-refractivity contribution in [3.8, 4) is 0 Å². The average molecular weight is 544 g/mol. The maximum absolute atomic E-state index is 14.9. The molecular formula is C28H22ClF4N3O2. The molecule has 0 bridgehead atoms. The summed E-state index contributed by atoms with van der Waals surface area (Å²) in [6, 6.07) is 11.6. The molecule has 0 aliphatic carbocycles. The van der Waals surface area contributed by atoms with Gasteiger partial charge in [0, 0.05) is 24.1 Å². The van der Waals surface area contributed by atoms with Crippen LogP contribution in [0.4, 0.5) is 17.6 Å². The lowest BCUT2D eigenvalue weighted by Gasteiger charge is -2.37. The minimum Gasteiger partial charge on any atom is -0.346 e. The van der Waals surface area contributed by atoms with Gasteiger partial charge in [0.1, 0.15) is 29.1 Å². The van der Waals surface area contributed by atoms with E-state index < -0.39 is 58.6 Å². The summed E-state index contributed by atoms with van der Waals surface area (Å²) in [5.74, 6) is -6.27. The summed E-state index contributed by atoms with van der Waals surface area (Å²) in [7, 11) is 0. The summed E-state index contributed by atoms with van der Waals surface area (Å²) < 4.78 is 57.3. The number of hydrogen-bond donors (Lipinski definition) is 1. The van der Waals surface area contributed by atoms with Gasteiger partial charge in [-0.25, -0.2) is 22.6 Å². The third-order valence-electron chi connectivity index (χ3n) is 6.14. The van der Waals surface area contributed by atoms with Crippen molar-refractivity contribution in [1.29, 1.82) is 0 Å². The highest BCUT2D eigenvalue weighted by molar-refractivity contribution is 6.31. The zero-order valence-corrected chi connectivity index (χ0v) is 21.3. The second-order valence-corrected chi connectivity index (χ2v) is 9.15. The molecule has 1 aliphatic rings. The van der Waals surface area contributed by atoms with Gasteiger partial charge in [0.2, 0.25) is 5.91 Å². The van der Waals surface area contributed by atoms with Crippen molar-refractivity contribution in [2.45, 2.75) is 32.9 Å². The van der Waals surface area contributed by atoms with E-state index in [1.54, 1.807) is 6.92 Å². The fourth-order valence-electron chi connectivity index (χ4n) is 4.39. The van der Waals surface area contributed by atoms with Crippen LogP contribution in [0.25, 0.3) is 0 Å². The van der Waals surface area contributed by atoms with E-state index in [1.807, 2.05) is 30.3 Å². The highest BCUT2D eigenvalue weighted by Gasteiger charge is 2.41. The Hall–Kier alpha value is -3.98. The summed E-state index contributed by atoms with van der Waals surface area (Å²) in [5, 5.41) is 2.72. The van der Waals surface area contributed by atoms with Crippen LogP contribution in [0.2, 0.25) is 5.02 Å². The molecule has 1 heterocycles. The lowest BCUT2D eigenvalue weighted by atomic mass is 9.91. The van der Waals surface area contributed by atoms with E-state index in [4.69, 9.17) is 11.6 Å². The van der Waals surface area contributed by atoms with E-state index in [9.17, 15) is 27.2 Å². The minimum absolute atomic E-state index is 0.0313. The maximum atomic E-state index is 14.9. The van der Waals surface area contributed by atoms with Crippen LogP contribution in [0, 0.1) is 23.3 Å². The van der Waals surface area contributed by atoms with Gasteiger partial charge in [0.05, 0.1) is 28.9 Å². The molecule has 0 aromatic heterocycles. The van der Waals surface area contributed by atoms with Crippen LogP contribution in [0.1, 0.15) is 49.5 Å². The van der Waals surface area contributed by atoms with Gasteiger partial charge in [-0.1, -0.05) is 48.0 Å². The van der Waals surface area contributed by atoms with Crippen LogP contribution < -0.4 is 5.32 Å². The van der Waals surface area contributed by atoms with Gasteiger partial charge in [-0.3, -0.25) is 14.5 Å². The monoisotopic (exact) mass is 543 g/mol. The summed E-state index contributed by atoms with van der Waals surface area (Å²) >= 11 is 6.36. The number of rotatable bonds is 5. The molecule has 0 fully saturated rings. The molecule has 4 rings (SSSR count). The van der Waals surface area contributed by atoms with Gasteiger partial charge in [0.25, 0.3) is 5.91 Å². The zero-order chi connectivity index (χ0) is 27.7. The molecule has 0 saturated heterocycles. The predicted molar refractivity (Wildman–Crippen MR) is 135 cm³/mol. The van der Waals surface area contributed by atoms with Crippen molar-refractivity contribution < 1.29 is 27.2 Å². The Morgan fingerprint density at radius 1 is 0.974 bits per heavy atom. The van der Waals surface area contributed by atoms with E-state index in [1.165, 1.54) is 13.0 Å². The molecule has 38 heavy (non-hydrogen) atoms. The molecule has 2 atom stereocenters. The standard InChI is InChI=1S/C28H22ClF4N3O2/c1-14(17-7-5-4-6-8-17)35-28(38)24-15(2)34-27(25-22(32)12-19(31)13-23(25)33)36(16(3)37)26(24)20-10-9-18(30)11-21(20)29/h4-14,26H,1-3H3,(H,35,38)/t14-,26+/m1/s1. The van der Waals surface area contributed by atoms with Crippen LogP contribution in [-0.4, -0.2) is 22.5 Å². The van der Waals surface area contributed by atoms with E-state index in [2.05, 4.69) is 10.3 Å². The molecule has 3 aromatic rings. The number of carbonyl (C=O) groups excluding carboxylic acids is 2. The van der Waals surface area contributed by atoms with Crippen LogP contribution in [-0.2, 0) is 9.59 Å². The molecule has 0 spiro atoms. The number of amides is 2. The number of hydrogen-bond acceptors (Lipinski definition) is 3. The fourth-order valence-corrected chi connectivity index (χ4v) is 4.66. The van der Waals surface area contributed by atoms with Crippen LogP contribution in [0.3, 0.4) is 0 Å². The number of halogens is 5.